The zero-order valence-electron chi connectivity index (χ0n) is 24.5. The van der Waals surface area contributed by atoms with Gasteiger partial charge in [-0.1, -0.05) is 24.8 Å². The number of halogens is 6. The number of carbonyl (C=O) groups is 1. The number of carbonyl (C=O) groups excluding carboxylic acids is 1. The van der Waals surface area contributed by atoms with Gasteiger partial charge in [0.15, 0.2) is 0 Å². The molecule has 2 saturated heterocycles. The lowest BCUT2D eigenvalue weighted by molar-refractivity contribution is -0.137. The molecule has 5 rings (SSSR count). The highest BCUT2D eigenvalue weighted by Gasteiger charge is 2.46. The Morgan fingerprint density at radius 3 is 2.34 bits per heavy atom. The number of hydrogen-bond acceptors (Lipinski definition) is 5. The van der Waals surface area contributed by atoms with E-state index in [1.165, 1.54) is 24.9 Å². The Labute approximate surface area is 262 Å². The third-order valence-corrected chi connectivity index (χ3v) is 10.1. The number of hydrogen-bond donors (Lipinski definition) is 0. The van der Waals surface area contributed by atoms with Crippen molar-refractivity contribution < 1.29 is 31.5 Å². The summed E-state index contributed by atoms with van der Waals surface area (Å²) in [5, 5.41) is -0.499. The third-order valence-electron chi connectivity index (χ3n) is 8.36. The van der Waals surface area contributed by atoms with Gasteiger partial charge in [0.1, 0.15) is 17.5 Å². The monoisotopic (exact) mass is 654 g/mol. The van der Waals surface area contributed by atoms with Crippen molar-refractivity contribution in [1.29, 1.82) is 0 Å². The highest BCUT2D eigenvalue weighted by Crippen LogP contribution is 2.53. The Hall–Kier alpha value is -3.09. The van der Waals surface area contributed by atoms with E-state index < -0.39 is 39.5 Å². The molecule has 236 valence electrons. The van der Waals surface area contributed by atoms with Crippen molar-refractivity contribution >= 4 is 40.8 Å². The molecule has 0 aliphatic carbocycles. The zero-order valence-corrected chi connectivity index (χ0v) is 26.1. The molecule has 1 amide bonds. The molecule has 0 saturated carbocycles. The number of fused-ring (bicyclic) bond motifs is 1. The number of anilines is 1. The van der Waals surface area contributed by atoms with Gasteiger partial charge >= 0.3 is 6.18 Å². The minimum absolute atomic E-state index is 0.155. The van der Waals surface area contributed by atoms with Gasteiger partial charge in [-0.2, -0.15) is 13.2 Å². The van der Waals surface area contributed by atoms with Gasteiger partial charge in [0, 0.05) is 77.6 Å². The fourth-order valence-corrected chi connectivity index (χ4v) is 7.73. The molecule has 3 aliphatic rings. The average molecular weight is 655 g/mol. The summed E-state index contributed by atoms with van der Waals surface area (Å²) in [5.41, 5.74) is -1.82. The second kappa shape index (κ2) is 12.0. The minimum atomic E-state index is -4.93. The molecule has 2 atom stereocenters. The molecule has 0 radical (unpaired) electrons. The van der Waals surface area contributed by atoms with E-state index in [2.05, 4.69) is 18.2 Å². The lowest BCUT2D eigenvalue weighted by atomic mass is 9.87. The van der Waals surface area contributed by atoms with Crippen LogP contribution in [0.2, 0.25) is 5.02 Å². The van der Waals surface area contributed by atoms with E-state index in [9.17, 15) is 9.18 Å². The zero-order chi connectivity index (χ0) is 32.1. The molecule has 1 unspecified atom stereocenters. The molecule has 2 aromatic carbocycles. The number of thioether (sulfide) groups is 1. The summed E-state index contributed by atoms with van der Waals surface area (Å²) in [4.78, 5) is 22.5. The second-order valence-electron chi connectivity index (χ2n) is 11.5. The minimum Gasteiger partial charge on any atom is -0.380 e. The van der Waals surface area contributed by atoms with Gasteiger partial charge in [0.25, 0.3) is 0 Å². The fraction of sp³-hybridized carbons (Fsp3) is 0.419. The number of rotatable bonds is 4. The standard InChI is InChI=1S/C31H32ClF5N4O2S/c1-6-25(42)40-11-18(4)41(12-17(40)3)29(38-5)20-8-21(31(35,36)37)26(19-9-22(32)24(34)10-23(19)33)28-27(20)39(7-2)13-30(16-44-28)14-43-15-30/h6-10,17-18H,1-2,11-16H2,3-5H3/t17-,18?/m1/s1. The summed E-state index contributed by atoms with van der Waals surface area (Å²) in [7, 11) is 1.50. The maximum absolute atomic E-state index is 15.4. The molecule has 44 heavy (non-hydrogen) atoms. The van der Waals surface area contributed by atoms with E-state index in [0.29, 0.717) is 50.4 Å². The van der Waals surface area contributed by atoms with Crippen molar-refractivity contribution in [1.82, 2.24) is 9.80 Å². The molecule has 0 aromatic heterocycles. The van der Waals surface area contributed by atoms with Gasteiger partial charge in [0.05, 0.1) is 29.5 Å². The smallest absolute Gasteiger partial charge is 0.380 e. The van der Waals surface area contributed by atoms with Crippen LogP contribution in [0.1, 0.15) is 25.0 Å². The SMILES string of the molecule is C=CC(=O)N1CC(C)N(C(=NC)c2cc(C(F)(F)F)c(-c3cc(Cl)c(F)cc3F)c3c2N(C=C)CC2(COC2)CS3)C[C@H]1C. The van der Waals surface area contributed by atoms with E-state index >= 15 is 17.6 Å². The van der Waals surface area contributed by atoms with Crippen LogP contribution in [0.3, 0.4) is 0 Å². The van der Waals surface area contributed by atoms with Crippen LogP contribution in [0, 0.1) is 17.0 Å². The van der Waals surface area contributed by atoms with Crippen LogP contribution in [-0.4, -0.2) is 79.3 Å². The largest absolute Gasteiger partial charge is 0.417 e. The molecule has 1 spiro atoms. The number of benzene rings is 2. The normalized spacial score (nSPS) is 21.9. The number of alkyl halides is 3. The highest BCUT2D eigenvalue weighted by molar-refractivity contribution is 7.99. The Morgan fingerprint density at radius 1 is 1.11 bits per heavy atom. The summed E-state index contributed by atoms with van der Waals surface area (Å²) >= 11 is 7.17. The molecule has 3 heterocycles. The average Bonchev–Trinajstić information content (AvgIpc) is 3.14. The van der Waals surface area contributed by atoms with E-state index in [4.69, 9.17) is 16.3 Å². The van der Waals surface area contributed by atoms with Crippen molar-refractivity contribution in [2.24, 2.45) is 10.4 Å². The number of amidine groups is 1. The molecule has 6 nitrogen and oxygen atoms in total. The number of piperazine rings is 1. The van der Waals surface area contributed by atoms with E-state index in [1.807, 2.05) is 18.7 Å². The Morgan fingerprint density at radius 2 is 1.77 bits per heavy atom. The van der Waals surface area contributed by atoms with Crippen LogP contribution in [0.4, 0.5) is 27.6 Å². The summed E-state index contributed by atoms with van der Waals surface area (Å²) in [6, 6.07) is 1.78. The molecule has 0 N–H and O–H groups in total. The molecule has 2 aromatic rings. The van der Waals surface area contributed by atoms with Crippen molar-refractivity contribution in [3.8, 4) is 11.1 Å². The van der Waals surface area contributed by atoms with Crippen LogP contribution in [-0.2, 0) is 15.7 Å². The van der Waals surface area contributed by atoms with Gasteiger partial charge < -0.3 is 19.4 Å². The van der Waals surface area contributed by atoms with Crippen molar-refractivity contribution in [2.75, 3.05) is 50.5 Å². The fourth-order valence-electron chi connectivity index (χ4n) is 6.13. The molecular formula is C31H32ClF5N4O2S. The first-order valence-electron chi connectivity index (χ1n) is 13.9. The maximum atomic E-state index is 15.4. The topological polar surface area (TPSA) is 48.4 Å². The van der Waals surface area contributed by atoms with Crippen molar-refractivity contribution in [3.63, 3.8) is 0 Å². The summed E-state index contributed by atoms with van der Waals surface area (Å²) < 4.78 is 80.2. The molecule has 13 heteroatoms. The quantitative estimate of drug-likeness (QED) is 0.119. The third kappa shape index (κ3) is 5.60. The first-order chi connectivity index (χ1) is 20.7. The molecule has 0 bridgehead atoms. The molecule has 3 aliphatic heterocycles. The summed E-state index contributed by atoms with van der Waals surface area (Å²) in [6.07, 6.45) is -2.15. The maximum Gasteiger partial charge on any atom is 0.417 e. The first kappa shape index (κ1) is 32.3. The van der Waals surface area contributed by atoms with Gasteiger partial charge in [-0.05, 0) is 38.3 Å². The lowest BCUT2D eigenvalue weighted by Gasteiger charge is -2.46. The summed E-state index contributed by atoms with van der Waals surface area (Å²) in [5.74, 6) is -1.80. The first-order valence-corrected chi connectivity index (χ1v) is 15.3. The predicted octanol–water partition coefficient (Wildman–Crippen LogP) is 6.86. The number of amides is 1. The number of nitrogens with zero attached hydrogens (tertiary/aromatic N) is 4. The van der Waals surface area contributed by atoms with E-state index in [0.717, 1.165) is 12.1 Å². The van der Waals surface area contributed by atoms with Gasteiger partial charge in [0.2, 0.25) is 5.91 Å². The van der Waals surface area contributed by atoms with Crippen LogP contribution in [0.25, 0.3) is 11.1 Å². The second-order valence-corrected chi connectivity index (χ2v) is 12.8. The lowest BCUT2D eigenvalue weighted by Crippen LogP contribution is -2.59. The molecule has 2 fully saturated rings. The van der Waals surface area contributed by atoms with Gasteiger partial charge in [-0.25, -0.2) is 8.78 Å². The van der Waals surface area contributed by atoms with Crippen LogP contribution < -0.4 is 4.90 Å². The van der Waals surface area contributed by atoms with Crippen molar-refractivity contribution in [3.05, 3.63) is 71.4 Å². The Kier molecular flexibility index (Phi) is 8.82. The van der Waals surface area contributed by atoms with Gasteiger partial charge in [-0.15, -0.1) is 11.8 Å². The predicted molar refractivity (Wildman–Crippen MR) is 163 cm³/mol. The van der Waals surface area contributed by atoms with Crippen molar-refractivity contribution in [2.45, 2.75) is 37.0 Å². The number of aliphatic imine (C=N–C) groups is 1. The Bertz CT molecular complexity index is 1540. The van der Waals surface area contributed by atoms with Crippen LogP contribution in [0.5, 0.6) is 0 Å². The number of ether oxygens (including phenoxy) is 1. The molecular weight excluding hydrogens is 623 g/mol. The Balaban J connectivity index is 1.79. The van der Waals surface area contributed by atoms with E-state index in [-0.39, 0.29) is 39.7 Å². The van der Waals surface area contributed by atoms with Crippen LogP contribution in [0.15, 0.2) is 53.5 Å². The highest BCUT2D eigenvalue weighted by atomic mass is 35.5. The van der Waals surface area contributed by atoms with Crippen LogP contribution >= 0.6 is 23.4 Å². The summed E-state index contributed by atoms with van der Waals surface area (Å²) in [6.45, 7) is 13.1. The van der Waals surface area contributed by atoms with E-state index in [1.54, 1.807) is 16.0 Å². The van der Waals surface area contributed by atoms with Gasteiger partial charge in [-0.3, -0.25) is 9.79 Å².